The summed E-state index contributed by atoms with van der Waals surface area (Å²) in [6.07, 6.45) is 8.74. The molecule has 41 heavy (non-hydrogen) atoms. The van der Waals surface area contributed by atoms with E-state index in [2.05, 4.69) is 61.4 Å². The van der Waals surface area contributed by atoms with Crippen molar-refractivity contribution >= 4 is 7.60 Å². The SMILES string of the molecule is C#CC(CC)(Cc1ccccc1)Cc1ccccc1.CC.CC.CC(C)(F)F.CC(F)(F)P(=O)(O)O.[CH3-].[CH3-].[W].[W].[W]. The summed E-state index contributed by atoms with van der Waals surface area (Å²) >= 11 is 0. The molecule has 2 aromatic rings. The molecule has 2 rings (SSSR count). The van der Waals surface area contributed by atoms with E-state index < -0.39 is 19.2 Å². The molecule has 0 amide bonds. The Labute approximate surface area is 291 Å². The largest absolute Gasteiger partial charge is 0.394 e. The normalized spacial score (nSPS) is 9.59. The third kappa shape index (κ3) is 34.3. The molecular formula is C30H49F4O3PW3-2. The van der Waals surface area contributed by atoms with Crippen molar-refractivity contribution in [1.82, 2.24) is 0 Å². The van der Waals surface area contributed by atoms with Crippen molar-refractivity contribution in [3.05, 3.63) is 86.6 Å². The third-order valence-corrected chi connectivity index (χ3v) is 5.29. The number of alkyl halides is 4. The Morgan fingerprint density at radius 1 is 0.732 bits per heavy atom. The average molecular weight is 1120 g/mol. The van der Waals surface area contributed by atoms with Gasteiger partial charge in [0, 0.05) is 75.5 Å². The smallest absolute Gasteiger partial charge is 0.358 e. The van der Waals surface area contributed by atoms with Gasteiger partial charge in [0.2, 0.25) is 5.92 Å². The standard InChI is InChI=1S/C19H20.C3H6F2.C2H5F2O3P.2C2H6.2CH3.3W/c1-3-19(4-2,15-17-11-7-5-8-12-17)16-18-13-9-6-10-14-18;1-3(2,4)5;1-2(3,4)8(5,6)7;2*1-2;;;;;/h1,5-14H,4,15-16H2,2H3;1-2H3;1H3,(H2,5,6,7);2*1-2H3;2*1H3;;;/q;;;;;2*-1;;;. The van der Waals surface area contributed by atoms with Gasteiger partial charge in [-0.1, -0.05) is 101 Å². The van der Waals surface area contributed by atoms with Gasteiger partial charge in [-0.15, -0.1) is 6.42 Å². The third-order valence-electron chi connectivity index (χ3n) is 4.27. The van der Waals surface area contributed by atoms with E-state index in [1.54, 1.807) is 0 Å². The van der Waals surface area contributed by atoms with E-state index in [1.807, 2.05) is 39.8 Å². The second-order valence-corrected chi connectivity index (χ2v) is 9.69. The summed E-state index contributed by atoms with van der Waals surface area (Å²) < 4.78 is 54.6. The Morgan fingerprint density at radius 2 is 0.951 bits per heavy atom. The van der Waals surface area contributed by atoms with Crippen molar-refractivity contribution in [3.8, 4) is 12.3 Å². The van der Waals surface area contributed by atoms with Gasteiger partial charge in [0.25, 0.3) is 0 Å². The maximum atomic E-state index is 11.5. The molecule has 0 aromatic heterocycles. The Kier molecular flexibility index (Phi) is 46.0. The van der Waals surface area contributed by atoms with Gasteiger partial charge in [0.15, 0.2) is 0 Å². The molecule has 0 saturated heterocycles. The van der Waals surface area contributed by atoms with E-state index in [0.29, 0.717) is 0 Å². The molecule has 3 nitrogen and oxygen atoms in total. The minimum Gasteiger partial charge on any atom is -0.358 e. The summed E-state index contributed by atoms with van der Waals surface area (Å²) in [6.45, 7) is 12.1. The van der Waals surface area contributed by atoms with Gasteiger partial charge < -0.3 is 24.6 Å². The van der Waals surface area contributed by atoms with Crippen LogP contribution in [0.2, 0.25) is 0 Å². The zero-order valence-electron chi connectivity index (χ0n) is 26.0. The molecule has 0 bridgehead atoms. The number of terminal acetylenes is 1. The molecule has 0 aliphatic heterocycles. The average Bonchev–Trinajstić information content (AvgIpc) is 2.81. The van der Waals surface area contributed by atoms with Crippen LogP contribution in [0.15, 0.2) is 60.7 Å². The van der Waals surface area contributed by atoms with Gasteiger partial charge in [-0.25, -0.2) is 8.78 Å². The predicted octanol–water partition coefficient (Wildman–Crippen LogP) is 9.89. The fourth-order valence-corrected chi connectivity index (χ4v) is 2.49. The first-order valence-corrected chi connectivity index (χ1v) is 13.5. The Morgan fingerprint density at radius 3 is 1.10 bits per heavy atom. The molecule has 0 spiro atoms. The molecule has 0 atom stereocenters. The topological polar surface area (TPSA) is 57.5 Å². The molecule has 11 heteroatoms. The van der Waals surface area contributed by atoms with Crippen LogP contribution in [0.3, 0.4) is 0 Å². The maximum Gasteiger partial charge on any atom is 0.394 e. The van der Waals surface area contributed by atoms with Crippen molar-refractivity contribution in [2.24, 2.45) is 5.41 Å². The van der Waals surface area contributed by atoms with E-state index in [0.717, 1.165) is 33.1 Å². The maximum absolute atomic E-state index is 11.5. The van der Waals surface area contributed by atoms with E-state index in [-0.39, 0.29) is 90.4 Å². The first-order chi connectivity index (χ1) is 16.5. The Balaban J connectivity index is -0.0000000706. The van der Waals surface area contributed by atoms with Crippen LogP contribution < -0.4 is 0 Å². The zero-order valence-corrected chi connectivity index (χ0v) is 35.7. The van der Waals surface area contributed by atoms with Gasteiger partial charge >= 0.3 is 13.3 Å². The van der Waals surface area contributed by atoms with E-state index >= 15 is 0 Å². The zero-order chi connectivity index (χ0) is 29.1. The number of rotatable bonds is 6. The van der Waals surface area contributed by atoms with E-state index in [4.69, 9.17) is 16.2 Å². The number of benzene rings is 2. The van der Waals surface area contributed by atoms with Gasteiger partial charge in [0.1, 0.15) is 0 Å². The van der Waals surface area contributed by atoms with Gasteiger partial charge in [0.05, 0.1) is 0 Å². The molecule has 0 heterocycles. The van der Waals surface area contributed by atoms with Crippen LogP contribution in [0.4, 0.5) is 17.6 Å². The van der Waals surface area contributed by atoms with Crippen LogP contribution in [-0.4, -0.2) is 21.4 Å². The quantitative estimate of drug-likeness (QED) is 0.131. The molecular weight excluding hydrogens is 1070 g/mol. The van der Waals surface area contributed by atoms with Crippen LogP contribution >= 0.6 is 7.60 Å². The molecule has 0 saturated carbocycles. The van der Waals surface area contributed by atoms with Crippen molar-refractivity contribution in [1.29, 1.82) is 0 Å². The molecule has 0 aliphatic carbocycles. The van der Waals surface area contributed by atoms with Crippen LogP contribution in [0.1, 0.15) is 72.9 Å². The molecule has 0 fully saturated rings. The number of hydrogen-bond donors (Lipinski definition) is 2. The molecule has 2 N–H and O–H groups in total. The first kappa shape index (κ1) is 60.2. The minimum atomic E-state index is -5.18. The van der Waals surface area contributed by atoms with E-state index in [1.165, 1.54) is 11.1 Å². The van der Waals surface area contributed by atoms with E-state index in [9.17, 15) is 22.1 Å². The van der Waals surface area contributed by atoms with Crippen LogP contribution in [0, 0.1) is 32.6 Å². The second kappa shape index (κ2) is 31.4. The second-order valence-electron chi connectivity index (χ2n) is 7.82. The molecule has 0 aliphatic rings. The summed E-state index contributed by atoms with van der Waals surface area (Å²) in [6, 6.07) is 21.0. The Bertz CT molecular complexity index is 834. The fraction of sp³-hybridized carbons (Fsp3) is 0.467. The van der Waals surface area contributed by atoms with Crippen molar-refractivity contribution < 1.29 is 95.1 Å². The number of hydrogen-bond acceptors (Lipinski definition) is 1. The van der Waals surface area contributed by atoms with Crippen molar-refractivity contribution in [2.45, 2.75) is 86.2 Å². The van der Waals surface area contributed by atoms with Gasteiger partial charge in [-0.2, -0.15) is 8.78 Å². The number of halogens is 4. The monoisotopic (exact) mass is 1120 g/mol. The van der Waals surface area contributed by atoms with Crippen molar-refractivity contribution in [3.63, 3.8) is 0 Å². The minimum absolute atomic E-state index is 0. The summed E-state index contributed by atoms with van der Waals surface area (Å²) in [7, 11) is -5.18. The van der Waals surface area contributed by atoms with Gasteiger partial charge in [-0.3, -0.25) is 4.57 Å². The fourth-order valence-electron chi connectivity index (χ4n) is 2.49. The predicted molar refractivity (Wildman–Crippen MR) is 156 cm³/mol. The van der Waals surface area contributed by atoms with Crippen molar-refractivity contribution in [2.75, 3.05) is 0 Å². The van der Waals surface area contributed by atoms with Crippen LogP contribution in [0.25, 0.3) is 0 Å². The summed E-state index contributed by atoms with van der Waals surface area (Å²) in [5.74, 6) is 0.562. The Hall–Kier alpha value is -0.0651. The molecule has 2 aromatic carbocycles. The molecule has 240 valence electrons. The molecule has 0 radical (unpaired) electrons. The van der Waals surface area contributed by atoms with Crippen LogP contribution in [0.5, 0.6) is 0 Å². The molecule has 0 unspecified atom stereocenters. The first-order valence-electron chi connectivity index (χ1n) is 11.9. The summed E-state index contributed by atoms with van der Waals surface area (Å²) in [5, 5.41) is 0. The summed E-state index contributed by atoms with van der Waals surface area (Å²) in [4.78, 5) is 15.4. The summed E-state index contributed by atoms with van der Waals surface area (Å²) in [5.41, 5.74) is -1.34. The van der Waals surface area contributed by atoms with Gasteiger partial charge in [-0.05, 0) is 44.2 Å². The van der Waals surface area contributed by atoms with Crippen LogP contribution in [-0.2, 0) is 80.6 Å².